The molecule has 0 bridgehead atoms. The molecule has 3 aromatic rings. The average molecular weight is 266 g/mol. The molecule has 0 radical (unpaired) electrons. The van der Waals surface area contributed by atoms with E-state index < -0.39 is 5.97 Å². The summed E-state index contributed by atoms with van der Waals surface area (Å²) in [4.78, 5) is 14.9. The summed E-state index contributed by atoms with van der Waals surface area (Å²) in [6, 6.07) is 11.7. The highest BCUT2D eigenvalue weighted by Crippen LogP contribution is 2.21. The lowest BCUT2D eigenvalue weighted by atomic mass is 10.1. The smallest absolute Gasteiger partial charge is 0.307 e. The van der Waals surface area contributed by atoms with Crippen LogP contribution in [0.25, 0.3) is 10.9 Å². The number of rotatable bonds is 4. The van der Waals surface area contributed by atoms with E-state index in [1.165, 1.54) is 5.56 Å². The van der Waals surface area contributed by atoms with E-state index in [4.69, 9.17) is 5.11 Å². The summed E-state index contributed by atoms with van der Waals surface area (Å²) >= 11 is 0. The van der Waals surface area contributed by atoms with E-state index in [1.807, 2.05) is 42.6 Å². The fourth-order valence-corrected chi connectivity index (χ4v) is 2.43. The van der Waals surface area contributed by atoms with Gasteiger partial charge in [0.05, 0.1) is 6.42 Å². The second-order valence-electron chi connectivity index (χ2n) is 4.72. The van der Waals surface area contributed by atoms with Crippen LogP contribution in [0.3, 0.4) is 0 Å². The van der Waals surface area contributed by atoms with Gasteiger partial charge in [0.1, 0.15) is 0 Å². The Morgan fingerprint density at radius 3 is 2.70 bits per heavy atom. The minimum absolute atomic E-state index is 0.0522. The Morgan fingerprint density at radius 1 is 1.15 bits per heavy atom. The fraction of sp³-hybridized carbons (Fsp3) is 0.125. The van der Waals surface area contributed by atoms with Gasteiger partial charge in [0, 0.05) is 36.0 Å². The number of fused-ring (bicyclic) bond motifs is 1. The summed E-state index contributed by atoms with van der Waals surface area (Å²) in [5.74, 6) is -0.806. The van der Waals surface area contributed by atoms with Gasteiger partial charge in [-0.25, -0.2) is 0 Å². The molecule has 0 unspecified atom stereocenters. The molecule has 3 rings (SSSR count). The lowest BCUT2D eigenvalue weighted by molar-refractivity contribution is -0.136. The molecule has 0 fully saturated rings. The van der Waals surface area contributed by atoms with Crippen molar-refractivity contribution in [1.82, 2.24) is 9.55 Å². The van der Waals surface area contributed by atoms with E-state index in [0.717, 1.165) is 23.0 Å². The molecule has 0 aliphatic carbocycles. The van der Waals surface area contributed by atoms with Crippen molar-refractivity contribution < 1.29 is 9.90 Å². The second kappa shape index (κ2) is 5.17. The first-order valence-corrected chi connectivity index (χ1v) is 6.41. The maximum absolute atomic E-state index is 10.9. The third-order valence-electron chi connectivity index (χ3n) is 3.35. The first kappa shape index (κ1) is 12.4. The molecule has 1 aromatic carbocycles. The van der Waals surface area contributed by atoms with Crippen molar-refractivity contribution in [3.05, 3.63) is 66.1 Å². The number of hydrogen-bond donors (Lipinski definition) is 1. The lowest BCUT2D eigenvalue weighted by Crippen LogP contribution is -2.01. The molecular formula is C16H14N2O2. The summed E-state index contributed by atoms with van der Waals surface area (Å²) in [6.07, 6.45) is 5.60. The van der Waals surface area contributed by atoms with Gasteiger partial charge < -0.3 is 9.67 Å². The van der Waals surface area contributed by atoms with Gasteiger partial charge in [-0.15, -0.1) is 0 Å². The van der Waals surface area contributed by atoms with Gasteiger partial charge in [-0.05, 0) is 35.4 Å². The highest BCUT2D eigenvalue weighted by atomic mass is 16.4. The highest BCUT2D eigenvalue weighted by Gasteiger charge is 2.08. The van der Waals surface area contributed by atoms with Crippen LogP contribution >= 0.6 is 0 Å². The third kappa shape index (κ3) is 2.40. The quantitative estimate of drug-likeness (QED) is 0.790. The SMILES string of the molecule is O=C(O)Cc1cccc2c1ccn2Cc1ccncc1. The Labute approximate surface area is 116 Å². The first-order valence-electron chi connectivity index (χ1n) is 6.41. The molecule has 2 heterocycles. The molecular weight excluding hydrogens is 252 g/mol. The Bertz CT molecular complexity index is 748. The van der Waals surface area contributed by atoms with Crippen LogP contribution < -0.4 is 0 Å². The first-order chi connectivity index (χ1) is 9.74. The number of pyridine rings is 1. The molecule has 1 N–H and O–H groups in total. The molecule has 4 nitrogen and oxygen atoms in total. The summed E-state index contributed by atoms with van der Waals surface area (Å²) in [5.41, 5.74) is 3.07. The minimum Gasteiger partial charge on any atom is -0.481 e. The Hall–Kier alpha value is -2.62. The standard InChI is InChI=1S/C16H14N2O2/c19-16(20)10-13-2-1-3-15-14(13)6-9-18(15)11-12-4-7-17-8-5-12/h1-9H,10-11H2,(H,19,20). The van der Waals surface area contributed by atoms with Crippen molar-refractivity contribution in [1.29, 1.82) is 0 Å². The predicted molar refractivity (Wildman–Crippen MR) is 76.6 cm³/mol. The van der Waals surface area contributed by atoms with E-state index >= 15 is 0 Å². The molecule has 0 aliphatic rings. The van der Waals surface area contributed by atoms with Crippen molar-refractivity contribution in [2.45, 2.75) is 13.0 Å². The van der Waals surface area contributed by atoms with Gasteiger partial charge in [-0.1, -0.05) is 12.1 Å². The maximum atomic E-state index is 10.9. The summed E-state index contributed by atoms with van der Waals surface area (Å²) in [6.45, 7) is 0.753. The van der Waals surface area contributed by atoms with Gasteiger partial charge in [0.2, 0.25) is 0 Å². The van der Waals surface area contributed by atoms with Crippen molar-refractivity contribution in [3.63, 3.8) is 0 Å². The largest absolute Gasteiger partial charge is 0.481 e. The average Bonchev–Trinajstić information content (AvgIpc) is 2.84. The van der Waals surface area contributed by atoms with Gasteiger partial charge in [-0.2, -0.15) is 0 Å². The molecule has 2 aromatic heterocycles. The van der Waals surface area contributed by atoms with Crippen LogP contribution in [0.4, 0.5) is 0 Å². The van der Waals surface area contributed by atoms with Crippen LogP contribution in [0, 0.1) is 0 Å². The molecule has 0 aliphatic heterocycles. The van der Waals surface area contributed by atoms with Crippen LogP contribution in [-0.4, -0.2) is 20.6 Å². The van der Waals surface area contributed by atoms with E-state index in [9.17, 15) is 4.79 Å². The van der Waals surface area contributed by atoms with Gasteiger partial charge in [0.15, 0.2) is 0 Å². The molecule has 0 saturated heterocycles. The van der Waals surface area contributed by atoms with Gasteiger partial charge >= 0.3 is 5.97 Å². The fourth-order valence-electron chi connectivity index (χ4n) is 2.43. The van der Waals surface area contributed by atoms with Crippen LogP contribution in [0.5, 0.6) is 0 Å². The second-order valence-corrected chi connectivity index (χ2v) is 4.72. The van der Waals surface area contributed by atoms with Gasteiger partial charge in [0.25, 0.3) is 0 Å². The molecule has 100 valence electrons. The predicted octanol–water partition coefficient (Wildman–Crippen LogP) is 2.71. The van der Waals surface area contributed by atoms with Crippen molar-refractivity contribution >= 4 is 16.9 Å². The normalized spacial score (nSPS) is 10.8. The molecule has 0 spiro atoms. The maximum Gasteiger partial charge on any atom is 0.307 e. The third-order valence-corrected chi connectivity index (χ3v) is 3.35. The van der Waals surface area contributed by atoms with Crippen LogP contribution in [0.15, 0.2) is 55.0 Å². The van der Waals surface area contributed by atoms with Gasteiger partial charge in [-0.3, -0.25) is 9.78 Å². The van der Waals surface area contributed by atoms with E-state index in [-0.39, 0.29) is 6.42 Å². The molecule has 0 amide bonds. The molecule has 4 heteroatoms. The van der Waals surface area contributed by atoms with Crippen LogP contribution in [0.1, 0.15) is 11.1 Å². The highest BCUT2D eigenvalue weighted by molar-refractivity contribution is 5.87. The minimum atomic E-state index is -0.806. The summed E-state index contributed by atoms with van der Waals surface area (Å²) < 4.78 is 2.12. The topological polar surface area (TPSA) is 55.1 Å². The Balaban J connectivity index is 1.99. The number of hydrogen-bond acceptors (Lipinski definition) is 2. The van der Waals surface area contributed by atoms with Crippen molar-refractivity contribution in [3.8, 4) is 0 Å². The lowest BCUT2D eigenvalue weighted by Gasteiger charge is -2.06. The number of aliphatic carboxylic acids is 1. The molecule has 20 heavy (non-hydrogen) atoms. The van der Waals surface area contributed by atoms with Crippen LogP contribution in [0.2, 0.25) is 0 Å². The monoisotopic (exact) mass is 266 g/mol. The van der Waals surface area contributed by atoms with Crippen molar-refractivity contribution in [2.24, 2.45) is 0 Å². The molecule has 0 saturated carbocycles. The zero-order valence-corrected chi connectivity index (χ0v) is 10.9. The number of carbonyl (C=O) groups is 1. The number of carboxylic acid groups (broad SMARTS) is 1. The number of nitrogens with zero attached hydrogens (tertiary/aromatic N) is 2. The Kier molecular flexibility index (Phi) is 3.21. The van der Waals surface area contributed by atoms with E-state index in [0.29, 0.717) is 0 Å². The number of benzene rings is 1. The van der Waals surface area contributed by atoms with E-state index in [2.05, 4.69) is 9.55 Å². The van der Waals surface area contributed by atoms with E-state index in [1.54, 1.807) is 12.4 Å². The van der Waals surface area contributed by atoms with Crippen LogP contribution in [-0.2, 0) is 17.8 Å². The zero-order valence-electron chi connectivity index (χ0n) is 10.9. The summed E-state index contributed by atoms with van der Waals surface area (Å²) in [5, 5.41) is 9.96. The van der Waals surface area contributed by atoms with Crippen molar-refractivity contribution in [2.75, 3.05) is 0 Å². The molecule has 0 atom stereocenters. The number of aromatic nitrogens is 2. The number of carboxylic acids is 1. The summed E-state index contributed by atoms with van der Waals surface area (Å²) in [7, 11) is 0. The Morgan fingerprint density at radius 2 is 1.95 bits per heavy atom. The zero-order chi connectivity index (χ0) is 13.9.